The van der Waals surface area contributed by atoms with Gasteiger partial charge in [0.05, 0.1) is 10.4 Å². The zero-order chi connectivity index (χ0) is 20.3. The molecule has 4 aromatic rings. The summed E-state index contributed by atoms with van der Waals surface area (Å²) < 4.78 is 28.2. The van der Waals surface area contributed by atoms with Gasteiger partial charge < -0.3 is 0 Å². The Balaban J connectivity index is 1.75. The first-order valence-corrected chi connectivity index (χ1v) is 11.0. The molecule has 0 aliphatic rings. The van der Waals surface area contributed by atoms with Crippen LogP contribution in [0.4, 0.5) is 0 Å². The Morgan fingerprint density at radius 1 is 0.793 bits per heavy atom. The third kappa shape index (κ3) is 4.32. The van der Waals surface area contributed by atoms with Crippen LogP contribution < -0.4 is 0 Å². The van der Waals surface area contributed by atoms with Crippen LogP contribution in [0.1, 0.15) is 11.1 Å². The number of fused-ring (bicyclic) bond motifs is 1. The second kappa shape index (κ2) is 8.33. The van der Waals surface area contributed by atoms with Crippen molar-refractivity contribution >= 4 is 32.5 Å². The molecule has 0 spiro atoms. The van der Waals surface area contributed by atoms with Crippen LogP contribution in [0.2, 0.25) is 5.15 Å². The molecule has 0 atom stereocenters. The van der Waals surface area contributed by atoms with Gasteiger partial charge in [-0.05, 0) is 29.8 Å². The van der Waals surface area contributed by atoms with Gasteiger partial charge in [0.15, 0.2) is 0 Å². The summed E-state index contributed by atoms with van der Waals surface area (Å²) in [7, 11) is -3.72. The van der Waals surface area contributed by atoms with Crippen LogP contribution in [-0.2, 0) is 23.1 Å². The van der Waals surface area contributed by atoms with Crippen molar-refractivity contribution in [2.24, 2.45) is 0 Å². The van der Waals surface area contributed by atoms with Gasteiger partial charge in [-0.2, -0.15) is 4.31 Å². The maximum absolute atomic E-state index is 13.4. The lowest BCUT2D eigenvalue weighted by atomic mass is 10.1. The van der Waals surface area contributed by atoms with Crippen LogP contribution >= 0.6 is 11.6 Å². The molecule has 3 aromatic carbocycles. The van der Waals surface area contributed by atoms with E-state index < -0.39 is 10.0 Å². The fourth-order valence-corrected chi connectivity index (χ4v) is 4.82. The number of pyridine rings is 1. The van der Waals surface area contributed by atoms with E-state index in [4.69, 9.17) is 11.6 Å². The van der Waals surface area contributed by atoms with Crippen molar-refractivity contribution in [3.8, 4) is 0 Å². The summed E-state index contributed by atoms with van der Waals surface area (Å²) in [6.45, 7) is 0.365. The van der Waals surface area contributed by atoms with E-state index in [0.29, 0.717) is 10.7 Å². The Morgan fingerprint density at radius 2 is 1.41 bits per heavy atom. The van der Waals surface area contributed by atoms with Crippen LogP contribution in [0.3, 0.4) is 0 Å². The standard InChI is InChI=1S/C23H19ClN2O2S/c24-23-20(15-19-11-7-8-14-22(19)25-23)17-26(16-18-9-3-1-4-10-18)29(27,28)21-12-5-2-6-13-21/h1-15H,16-17H2. The second-order valence-electron chi connectivity index (χ2n) is 6.70. The highest BCUT2D eigenvalue weighted by atomic mass is 35.5. The van der Waals surface area contributed by atoms with Crippen molar-refractivity contribution in [3.63, 3.8) is 0 Å². The van der Waals surface area contributed by atoms with Gasteiger partial charge in [-0.3, -0.25) is 0 Å². The largest absolute Gasteiger partial charge is 0.243 e. The molecule has 29 heavy (non-hydrogen) atoms. The van der Waals surface area contributed by atoms with E-state index >= 15 is 0 Å². The average Bonchev–Trinajstić information content (AvgIpc) is 2.75. The number of para-hydroxylation sites is 1. The molecule has 0 radical (unpaired) electrons. The minimum Gasteiger partial charge on any atom is -0.236 e. The molecule has 1 aromatic heterocycles. The number of benzene rings is 3. The minimum absolute atomic E-state index is 0.128. The fourth-order valence-electron chi connectivity index (χ4n) is 3.19. The molecule has 0 N–H and O–H groups in total. The Labute approximate surface area is 175 Å². The predicted molar refractivity (Wildman–Crippen MR) is 116 cm³/mol. The van der Waals surface area contributed by atoms with Crippen molar-refractivity contribution in [3.05, 3.63) is 107 Å². The first kappa shape index (κ1) is 19.6. The average molecular weight is 423 g/mol. The van der Waals surface area contributed by atoms with E-state index in [1.807, 2.05) is 60.7 Å². The number of hydrogen-bond donors (Lipinski definition) is 0. The van der Waals surface area contributed by atoms with Gasteiger partial charge in [0.2, 0.25) is 10.0 Å². The summed E-state index contributed by atoms with van der Waals surface area (Å²) >= 11 is 6.41. The van der Waals surface area contributed by atoms with Crippen molar-refractivity contribution < 1.29 is 8.42 Å². The molecule has 0 saturated carbocycles. The second-order valence-corrected chi connectivity index (χ2v) is 9.00. The normalized spacial score (nSPS) is 11.8. The van der Waals surface area contributed by atoms with Crippen LogP contribution in [0.5, 0.6) is 0 Å². The number of sulfonamides is 1. The van der Waals surface area contributed by atoms with Gasteiger partial charge in [-0.1, -0.05) is 78.3 Å². The molecule has 4 rings (SSSR count). The Bertz CT molecular complexity index is 1230. The number of nitrogens with zero attached hydrogens (tertiary/aromatic N) is 2. The third-order valence-corrected chi connectivity index (χ3v) is 6.81. The summed E-state index contributed by atoms with van der Waals surface area (Å²) in [6.07, 6.45) is 0. The molecule has 0 aliphatic carbocycles. The van der Waals surface area contributed by atoms with Crippen LogP contribution in [0, 0.1) is 0 Å². The Morgan fingerprint density at radius 3 is 2.14 bits per heavy atom. The molecule has 0 fully saturated rings. The van der Waals surface area contributed by atoms with E-state index in [-0.39, 0.29) is 18.0 Å². The summed E-state index contributed by atoms with van der Waals surface area (Å²) in [6, 6.07) is 27.5. The molecule has 1 heterocycles. The van der Waals surface area contributed by atoms with E-state index in [0.717, 1.165) is 16.5 Å². The monoisotopic (exact) mass is 422 g/mol. The van der Waals surface area contributed by atoms with Gasteiger partial charge in [-0.15, -0.1) is 0 Å². The van der Waals surface area contributed by atoms with Crippen molar-refractivity contribution in [1.29, 1.82) is 0 Å². The topological polar surface area (TPSA) is 50.3 Å². The van der Waals surface area contributed by atoms with E-state index in [1.165, 1.54) is 4.31 Å². The van der Waals surface area contributed by atoms with Gasteiger partial charge in [0.25, 0.3) is 0 Å². The highest BCUT2D eigenvalue weighted by Crippen LogP contribution is 2.26. The SMILES string of the molecule is O=S(=O)(c1ccccc1)N(Cc1ccccc1)Cc1cc2ccccc2nc1Cl. The summed E-state index contributed by atoms with van der Waals surface area (Å²) in [4.78, 5) is 4.69. The molecular weight excluding hydrogens is 404 g/mol. The number of halogens is 1. The first-order valence-electron chi connectivity index (χ1n) is 9.17. The Kier molecular flexibility index (Phi) is 5.62. The quantitative estimate of drug-likeness (QED) is 0.397. The highest BCUT2D eigenvalue weighted by molar-refractivity contribution is 7.89. The fraction of sp³-hybridized carbons (Fsp3) is 0.0870. The number of rotatable bonds is 6. The van der Waals surface area contributed by atoms with Crippen molar-refractivity contribution in [1.82, 2.24) is 9.29 Å². The minimum atomic E-state index is -3.72. The first-order chi connectivity index (χ1) is 14.0. The lowest BCUT2D eigenvalue weighted by Gasteiger charge is -2.23. The van der Waals surface area contributed by atoms with Crippen LogP contribution in [0.25, 0.3) is 10.9 Å². The lowest BCUT2D eigenvalue weighted by molar-refractivity contribution is 0.401. The van der Waals surface area contributed by atoms with Gasteiger partial charge in [0.1, 0.15) is 5.15 Å². The maximum Gasteiger partial charge on any atom is 0.243 e. The summed E-state index contributed by atoms with van der Waals surface area (Å²) in [5.74, 6) is 0. The van der Waals surface area contributed by atoms with E-state index in [2.05, 4.69) is 4.98 Å². The molecule has 4 nitrogen and oxygen atoms in total. The zero-order valence-corrected chi connectivity index (χ0v) is 17.1. The number of aromatic nitrogens is 1. The van der Waals surface area contributed by atoms with Gasteiger partial charge in [0, 0.05) is 24.0 Å². The van der Waals surface area contributed by atoms with Crippen molar-refractivity contribution in [2.45, 2.75) is 18.0 Å². The van der Waals surface area contributed by atoms with Gasteiger partial charge >= 0.3 is 0 Å². The van der Waals surface area contributed by atoms with Crippen molar-refractivity contribution in [2.75, 3.05) is 0 Å². The summed E-state index contributed by atoms with van der Waals surface area (Å²) in [5.41, 5.74) is 2.35. The van der Waals surface area contributed by atoms with E-state index in [1.54, 1.807) is 30.3 Å². The smallest absolute Gasteiger partial charge is 0.236 e. The molecule has 0 amide bonds. The van der Waals surface area contributed by atoms with E-state index in [9.17, 15) is 8.42 Å². The molecule has 0 bridgehead atoms. The van der Waals surface area contributed by atoms with Gasteiger partial charge in [-0.25, -0.2) is 13.4 Å². The summed E-state index contributed by atoms with van der Waals surface area (Å²) in [5, 5.41) is 1.23. The third-order valence-electron chi connectivity index (χ3n) is 4.68. The Hall–Kier alpha value is -2.73. The van der Waals surface area contributed by atoms with Crippen LogP contribution in [0.15, 0.2) is 95.9 Å². The molecule has 6 heteroatoms. The number of hydrogen-bond acceptors (Lipinski definition) is 3. The van der Waals surface area contributed by atoms with Crippen LogP contribution in [-0.4, -0.2) is 17.7 Å². The molecular formula is C23H19ClN2O2S. The molecule has 146 valence electrons. The lowest BCUT2D eigenvalue weighted by Crippen LogP contribution is -2.30. The molecule has 0 unspecified atom stereocenters. The predicted octanol–water partition coefficient (Wildman–Crippen LogP) is 5.28. The zero-order valence-electron chi connectivity index (χ0n) is 15.6. The maximum atomic E-state index is 13.4. The highest BCUT2D eigenvalue weighted by Gasteiger charge is 2.26. The molecule has 0 saturated heterocycles. The molecule has 0 aliphatic heterocycles.